The average Bonchev–Trinajstić information content (AvgIpc) is 2.45. The van der Waals surface area contributed by atoms with Crippen LogP contribution in [0.5, 0.6) is 0 Å². The van der Waals surface area contributed by atoms with E-state index >= 15 is 0 Å². The molecule has 1 aromatic rings. The zero-order valence-corrected chi connectivity index (χ0v) is 12.2. The van der Waals surface area contributed by atoms with Gasteiger partial charge in [-0.25, -0.2) is 17.6 Å². The lowest BCUT2D eigenvalue weighted by atomic mass is 9.99. The fourth-order valence-corrected chi connectivity index (χ4v) is 1.91. The first kappa shape index (κ1) is 17.5. The second kappa shape index (κ2) is 7.43. The third-order valence-corrected chi connectivity index (χ3v) is 2.98. The molecule has 0 aliphatic rings. The molecule has 6 heteroatoms. The molecule has 0 aliphatic carbocycles. The van der Waals surface area contributed by atoms with Gasteiger partial charge in [0.05, 0.1) is 6.61 Å². The zero-order chi connectivity index (χ0) is 16.2. The predicted octanol–water partition coefficient (Wildman–Crippen LogP) is 3.94. The van der Waals surface area contributed by atoms with Crippen molar-refractivity contribution >= 4 is 5.97 Å². The molecular formula is C15H18F4O2. The smallest absolute Gasteiger partial charge is 0.306 e. The predicted molar refractivity (Wildman–Crippen MR) is 69.8 cm³/mol. The van der Waals surface area contributed by atoms with E-state index in [0.717, 1.165) is 0 Å². The maximum absolute atomic E-state index is 13.7. The number of halogens is 4. The number of esters is 1. The highest BCUT2D eigenvalue weighted by atomic mass is 19.2. The molecular weight excluding hydrogens is 288 g/mol. The van der Waals surface area contributed by atoms with Gasteiger partial charge in [0.15, 0.2) is 23.3 Å². The van der Waals surface area contributed by atoms with Crippen LogP contribution in [0.15, 0.2) is 0 Å². The van der Waals surface area contributed by atoms with Gasteiger partial charge in [-0.3, -0.25) is 4.79 Å². The average molecular weight is 306 g/mol. The van der Waals surface area contributed by atoms with E-state index in [1.807, 2.05) is 13.8 Å². The Balaban J connectivity index is 2.91. The molecule has 1 aromatic carbocycles. The molecule has 2 nitrogen and oxygen atoms in total. The van der Waals surface area contributed by atoms with E-state index in [2.05, 4.69) is 0 Å². The molecule has 0 unspecified atom stereocenters. The van der Waals surface area contributed by atoms with Crippen LogP contribution in [-0.4, -0.2) is 12.6 Å². The highest BCUT2D eigenvalue weighted by molar-refractivity contribution is 5.69. The molecule has 0 amide bonds. The first-order valence-electron chi connectivity index (χ1n) is 6.78. The van der Waals surface area contributed by atoms with Crippen molar-refractivity contribution in [3.63, 3.8) is 0 Å². The highest BCUT2D eigenvalue weighted by Gasteiger charge is 2.24. The molecule has 0 spiro atoms. The van der Waals surface area contributed by atoms with Crippen molar-refractivity contribution in [3.05, 3.63) is 34.4 Å². The number of ether oxygens (including phenoxy) is 1. The number of hydrogen-bond acceptors (Lipinski definition) is 2. The lowest BCUT2D eigenvalue weighted by Gasteiger charge is -2.12. The number of carbonyl (C=O) groups is 1. The maximum atomic E-state index is 13.7. The van der Waals surface area contributed by atoms with Crippen molar-refractivity contribution in [2.24, 2.45) is 5.92 Å². The van der Waals surface area contributed by atoms with Crippen LogP contribution >= 0.6 is 0 Å². The summed E-state index contributed by atoms with van der Waals surface area (Å²) in [5.41, 5.74) is -0.557. The van der Waals surface area contributed by atoms with Gasteiger partial charge in [0.2, 0.25) is 0 Å². The van der Waals surface area contributed by atoms with E-state index in [4.69, 9.17) is 4.74 Å². The van der Waals surface area contributed by atoms with Gasteiger partial charge < -0.3 is 4.74 Å². The van der Waals surface area contributed by atoms with E-state index in [1.165, 1.54) is 6.92 Å². The minimum absolute atomic E-state index is 0.00364. The summed E-state index contributed by atoms with van der Waals surface area (Å²) < 4.78 is 58.6. The molecule has 118 valence electrons. The minimum Gasteiger partial charge on any atom is -0.465 e. The standard InChI is InChI=1S/C15H18F4O2/c1-4-9-10(5-6-11(20)21-7-8(2)3)13(17)15(19)14(18)12(9)16/h8H,4-7H2,1-3H3. The van der Waals surface area contributed by atoms with Crippen molar-refractivity contribution in [2.45, 2.75) is 40.0 Å². The summed E-state index contributed by atoms with van der Waals surface area (Å²) in [7, 11) is 0. The summed E-state index contributed by atoms with van der Waals surface area (Å²) in [6.07, 6.45) is -0.461. The SMILES string of the molecule is CCc1c(F)c(F)c(F)c(F)c1CCC(=O)OCC(C)C. The summed E-state index contributed by atoms with van der Waals surface area (Å²) in [5, 5.41) is 0. The Kier molecular flexibility index (Phi) is 6.18. The lowest BCUT2D eigenvalue weighted by Crippen LogP contribution is -2.13. The number of rotatable bonds is 6. The summed E-state index contributed by atoms with van der Waals surface area (Å²) in [4.78, 5) is 11.5. The molecule has 1 rings (SSSR count). The molecule has 0 aromatic heterocycles. The summed E-state index contributed by atoms with van der Waals surface area (Å²) >= 11 is 0. The van der Waals surface area contributed by atoms with E-state index < -0.39 is 29.2 Å². The van der Waals surface area contributed by atoms with E-state index in [-0.39, 0.29) is 42.9 Å². The van der Waals surface area contributed by atoms with Gasteiger partial charge in [0.25, 0.3) is 0 Å². The van der Waals surface area contributed by atoms with Gasteiger partial charge in [-0.1, -0.05) is 20.8 Å². The van der Waals surface area contributed by atoms with Crippen LogP contribution in [0.3, 0.4) is 0 Å². The molecule has 0 heterocycles. The molecule has 0 saturated heterocycles. The second-order valence-electron chi connectivity index (χ2n) is 5.14. The van der Waals surface area contributed by atoms with E-state index in [0.29, 0.717) is 0 Å². The molecule has 0 radical (unpaired) electrons. The first-order chi connectivity index (χ1) is 9.79. The Bertz CT molecular complexity index is 527. The van der Waals surface area contributed by atoms with Crippen LogP contribution in [0, 0.1) is 29.2 Å². The Labute approximate surface area is 121 Å². The van der Waals surface area contributed by atoms with Crippen molar-refractivity contribution in [2.75, 3.05) is 6.61 Å². The van der Waals surface area contributed by atoms with Gasteiger partial charge in [-0.2, -0.15) is 0 Å². The van der Waals surface area contributed by atoms with Crippen molar-refractivity contribution in [3.8, 4) is 0 Å². The number of carbonyl (C=O) groups excluding carboxylic acids is 1. The third-order valence-electron chi connectivity index (χ3n) is 2.98. The van der Waals surface area contributed by atoms with Crippen LogP contribution in [0.1, 0.15) is 38.3 Å². The van der Waals surface area contributed by atoms with Crippen molar-refractivity contribution in [1.29, 1.82) is 0 Å². The molecule has 0 saturated carbocycles. The number of benzene rings is 1. The van der Waals surface area contributed by atoms with Gasteiger partial charge in [-0.15, -0.1) is 0 Å². The van der Waals surface area contributed by atoms with Crippen LogP contribution < -0.4 is 0 Å². The number of hydrogen-bond donors (Lipinski definition) is 0. The normalized spacial score (nSPS) is 11.0. The van der Waals surface area contributed by atoms with Gasteiger partial charge in [0, 0.05) is 6.42 Å². The Morgan fingerprint density at radius 1 is 1.00 bits per heavy atom. The lowest BCUT2D eigenvalue weighted by molar-refractivity contribution is -0.144. The summed E-state index contributed by atoms with van der Waals surface area (Å²) in [6, 6.07) is 0. The molecule has 0 fully saturated rings. The third kappa shape index (κ3) is 4.19. The summed E-state index contributed by atoms with van der Waals surface area (Å²) in [5.74, 6) is -6.96. The first-order valence-corrected chi connectivity index (χ1v) is 6.78. The van der Waals surface area contributed by atoms with Crippen LogP contribution in [0.4, 0.5) is 17.6 Å². The fraction of sp³-hybridized carbons (Fsp3) is 0.533. The molecule has 0 aliphatic heterocycles. The Morgan fingerprint density at radius 2 is 1.52 bits per heavy atom. The van der Waals surface area contributed by atoms with E-state index in [1.54, 1.807) is 0 Å². The molecule has 0 N–H and O–H groups in total. The van der Waals surface area contributed by atoms with Crippen molar-refractivity contribution < 1.29 is 27.1 Å². The van der Waals surface area contributed by atoms with Gasteiger partial charge in [0.1, 0.15) is 0 Å². The maximum Gasteiger partial charge on any atom is 0.306 e. The minimum atomic E-state index is -1.85. The fourth-order valence-electron chi connectivity index (χ4n) is 1.91. The van der Waals surface area contributed by atoms with Crippen LogP contribution in [-0.2, 0) is 22.4 Å². The van der Waals surface area contributed by atoms with Crippen LogP contribution in [0.2, 0.25) is 0 Å². The molecule has 21 heavy (non-hydrogen) atoms. The summed E-state index contributed by atoms with van der Waals surface area (Å²) in [6.45, 7) is 5.42. The highest BCUT2D eigenvalue weighted by Crippen LogP contribution is 2.25. The van der Waals surface area contributed by atoms with Crippen LogP contribution in [0.25, 0.3) is 0 Å². The Morgan fingerprint density at radius 3 is 2.00 bits per heavy atom. The Hall–Kier alpha value is -1.59. The molecule has 0 bridgehead atoms. The monoisotopic (exact) mass is 306 g/mol. The quantitative estimate of drug-likeness (QED) is 0.344. The van der Waals surface area contributed by atoms with Gasteiger partial charge >= 0.3 is 5.97 Å². The zero-order valence-electron chi connectivity index (χ0n) is 12.2. The van der Waals surface area contributed by atoms with Gasteiger partial charge in [-0.05, 0) is 29.9 Å². The van der Waals surface area contributed by atoms with Crippen molar-refractivity contribution in [1.82, 2.24) is 0 Å². The topological polar surface area (TPSA) is 26.3 Å². The second-order valence-corrected chi connectivity index (χ2v) is 5.14. The molecule has 0 atom stereocenters. The van der Waals surface area contributed by atoms with E-state index in [9.17, 15) is 22.4 Å². The largest absolute Gasteiger partial charge is 0.465 e.